The van der Waals surface area contributed by atoms with Crippen LogP contribution in [0.2, 0.25) is 5.02 Å². The van der Waals surface area contributed by atoms with E-state index in [2.05, 4.69) is 0 Å². The third-order valence-electron chi connectivity index (χ3n) is 2.89. The maximum absolute atomic E-state index is 11.2. The van der Waals surface area contributed by atoms with Crippen molar-refractivity contribution < 1.29 is 9.90 Å². The highest BCUT2D eigenvalue weighted by Gasteiger charge is 2.12. The van der Waals surface area contributed by atoms with Gasteiger partial charge in [0.1, 0.15) is 0 Å². The minimum atomic E-state index is -0.929. The predicted molar refractivity (Wildman–Crippen MR) is 73.3 cm³/mol. The van der Waals surface area contributed by atoms with Gasteiger partial charge in [-0.1, -0.05) is 41.4 Å². The Labute approximate surface area is 111 Å². The van der Waals surface area contributed by atoms with Gasteiger partial charge in [-0.05, 0) is 42.7 Å². The molecule has 0 aromatic heterocycles. The zero-order valence-corrected chi connectivity index (χ0v) is 11.0. The summed E-state index contributed by atoms with van der Waals surface area (Å²) in [6.45, 7) is 3.85. The van der Waals surface area contributed by atoms with E-state index in [0.29, 0.717) is 16.1 Å². The van der Waals surface area contributed by atoms with E-state index in [9.17, 15) is 9.90 Å². The molecule has 0 bridgehead atoms. The number of aromatic carboxylic acids is 1. The number of carboxylic acids is 1. The molecule has 2 nitrogen and oxygen atoms in total. The quantitative estimate of drug-likeness (QED) is 0.873. The van der Waals surface area contributed by atoms with E-state index in [-0.39, 0.29) is 0 Å². The summed E-state index contributed by atoms with van der Waals surface area (Å²) < 4.78 is 0. The molecule has 0 saturated carbocycles. The third-order valence-corrected chi connectivity index (χ3v) is 3.30. The van der Waals surface area contributed by atoms with Crippen molar-refractivity contribution in [2.45, 2.75) is 13.8 Å². The summed E-state index contributed by atoms with van der Waals surface area (Å²) >= 11 is 6.09. The zero-order valence-electron chi connectivity index (χ0n) is 10.2. The van der Waals surface area contributed by atoms with E-state index >= 15 is 0 Å². The fourth-order valence-corrected chi connectivity index (χ4v) is 2.02. The Balaban J connectivity index is 2.65. The highest BCUT2D eigenvalue weighted by atomic mass is 35.5. The van der Waals surface area contributed by atoms with Gasteiger partial charge in [0.15, 0.2) is 0 Å². The van der Waals surface area contributed by atoms with Crippen LogP contribution in [0.1, 0.15) is 21.5 Å². The first-order valence-electron chi connectivity index (χ1n) is 5.59. The van der Waals surface area contributed by atoms with Crippen molar-refractivity contribution >= 4 is 17.6 Å². The van der Waals surface area contributed by atoms with E-state index in [4.69, 9.17) is 11.6 Å². The van der Waals surface area contributed by atoms with Gasteiger partial charge in [-0.15, -0.1) is 0 Å². The molecule has 2 rings (SSSR count). The lowest BCUT2D eigenvalue weighted by Gasteiger charge is -2.09. The van der Waals surface area contributed by atoms with Crippen LogP contribution in [-0.2, 0) is 0 Å². The molecule has 0 aliphatic carbocycles. The summed E-state index contributed by atoms with van der Waals surface area (Å²) in [6.07, 6.45) is 0. The topological polar surface area (TPSA) is 37.3 Å². The summed E-state index contributed by atoms with van der Waals surface area (Å²) in [4.78, 5) is 11.2. The molecule has 0 atom stereocenters. The Morgan fingerprint density at radius 3 is 2.44 bits per heavy atom. The van der Waals surface area contributed by atoms with Crippen LogP contribution >= 0.6 is 11.6 Å². The second-order valence-electron chi connectivity index (χ2n) is 4.32. The molecule has 3 heteroatoms. The number of rotatable bonds is 2. The molecular weight excluding hydrogens is 248 g/mol. The molecule has 0 spiro atoms. The molecule has 0 amide bonds. The molecule has 1 N–H and O–H groups in total. The standard InChI is InChI=1S/C15H13ClO2/c1-9-3-6-12(15(17)18)13(7-9)11-5-4-10(2)14(16)8-11/h3-8H,1-2H3,(H,17,18). The number of aryl methyl sites for hydroxylation is 2. The van der Waals surface area contributed by atoms with Crippen molar-refractivity contribution in [1.82, 2.24) is 0 Å². The van der Waals surface area contributed by atoms with E-state index in [1.54, 1.807) is 18.2 Å². The van der Waals surface area contributed by atoms with E-state index < -0.39 is 5.97 Å². The number of hydrogen-bond donors (Lipinski definition) is 1. The lowest BCUT2D eigenvalue weighted by Crippen LogP contribution is -2.00. The largest absolute Gasteiger partial charge is 0.478 e. The first-order valence-corrected chi connectivity index (χ1v) is 5.97. The number of halogens is 1. The van der Waals surface area contributed by atoms with Crippen molar-refractivity contribution in [1.29, 1.82) is 0 Å². The molecule has 0 heterocycles. The minimum Gasteiger partial charge on any atom is -0.478 e. The van der Waals surface area contributed by atoms with Crippen LogP contribution in [0.4, 0.5) is 0 Å². The molecule has 0 radical (unpaired) electrons. The molecule has 2 aromatic carbocycles. The summed E-state index contributed by atoms with van der Waals surface area (Å²) in [5.74, 6) is -0.929. The number of carbonyl (C=O) groups is 1. The summed E-state index contributed by atoms with van der Waals surface area (Å²) in [6, 6.07) is 10.9. The molecular formula is C15H13ClO2. The van der Waals surface area contributed by atoms with Crippen LogP contribution in [0, 0.1) is 13.8 Å². The smallest absolute Gasteiger partial charge is 0.336 e. The Bertz CT molecular complexity index is 618. The molecule has 92 valence electrons. The lowest BCUT2D eigenvalue weighted by atomic mass is 9.97. The van der Waals surface area contributed by atoms with Gasteiger partial charge in [0, 0.05) is 5.02 Å². The second kappa shape index (κ2) is 4.83. The van der Waals surface area contributed by atoms with E-state index in [0.717, 1.165) is 16.7 Å². The Kier molecular flexibility index (Phi) is 3.39. The highest BCUT2D eigenvalue weighted by molar-refractivity contribution is 6.31. The SMILES string of the molecule is Cc1ccc(C(=O)O)c(-c2ccc(C)c(Cl)c2)c1. The number of benzene rings is 2. The summed E-state index contributed by atoms with van der Waals surface area (Å²) in [5, 5.41) is 9.85. The van der Waals surface area contributed by atoms with Crippen molar-refractivity contribution in [2.75, 3.05) is 0 Å². The van der Waals surface area contributed by atoms with Crippen LogP contribution in [0.15, 0.2) is 36.4 Å². The fourth-order valence-electron chi connectivity index (χ4n) is 1.84. The van der Waals surface area contributed by atoms with Crippen LogP contribution in [0.5, 0.6) is 0 Å². The van der Waals surface area contributed by atoms with Crippen LogP contribution in [-0.4, -0.2) is 11.1 Å². The zero-order chi connectivity index (χ0) is 13.3. The normalized spacial score (nSPS) is 10.4. The highest BCUT2D eigenvalue weighted by Crippen LogP contribution is 2.28. The van der Waals surface area contributed by atoms with Crippen molar-refractivity contribution in [3.63, 3.8) is 0 Å². The average Bonchev–Trinajstić information content (AvgIpc) is 2.32. The molecule has 18 heavy (non-hydrogen) atoms. The number of hydrogen-bond acceptors (Lipinski definition) is 1. The van der Waals surface area contributed by atoms with Crippen LogP contribution in [0.25, 0.3) is 11.1 Å². The van der Waals surface area contributed by atoms with Gasteiger partial charge in [0.2, 0.25) is 0 Å². The van der Waals surface area contributed by atoms with Gasteiger partial charge in [0.05, 0.1) is 5.56 Å². The van der Waals surface area contributed by atoms with Crippen LogP contribution in [0.3, 0.4) is 0 Å². The van der Waals surface area contributed by atoms with Gasteiger partial charge in [0.25, 0.3) is 0 Å². The van der Waals surface area contributed by atoms with Crippen molar-refractivity contribution in [2.24, 2.45) is 0 Å². The molecule has 0 unspecified atom stereocenters. The molecule has 0 fully saturated rings. The average molecular weight is 261 g/mol. The first-order chi connectivity index (χ1) is 8.49. The molecule has 2 aromatic rings. The number of carboxylic acid groups (broad SMARTS) is 1. The van der Waals surface area contributed by atoms with Crippen molar-refractivity contribution in [3.05, 3.63) is 58.1 Å². The van der Waals surface area contributed by atoms with Gasteiger partial charge in [-0.2, -0.15) is 0 Å². The van der Waals surface area contributed by atoms with Crippen molar-refractivity contribution in [3.8, 4) is 11.1 Å². The van der Waals surface area contributed by atoms with Gasteiger partial charge >= 0.3 is 5.97 Å². The Hall–Kier alpha value is -1.80. The monoisotopic (exact) mass is 260 g/mol. The second-order valence-corrected chi connectivity index (χ2v) is 4.73. The minimum absolute atomic E-state index is 0.292. The maximum atomic E-state index is 11.2. The maximum Gasteiger partial charge on any atom is 0.336 e. The molecule has 0 aliphatic rings. The molecule has 0 saturated heterocycles. The molecule has 0 aliphatic heterocycles. The Morgan fingerprint density at radius 1 is 1.11 bits per heavy atom. The predicted octanol–water partition coefficient (Wildman–Crippen LogP) is 4.32. The van der Waals surface area contributed by atoms with Gasteiger partial charge in [-0.25, -0.2) is 4.79 Å². The lowest BCUT2D eigenvalue weighted by molar-refractivity contribution is 0.0698. The third kappa shape index (κ3) is 2.39. The van der Waals surface area contributed by atoms with Gasteiger partial charge in [-0.3, -0.25) is 0 Å². The van der Waals surface area contributed by atoms with E-state index in [1.807, 2.05) is 32.0 Å². The fraction of sp³-hybridized carbons (Fsp3) is 0.133. The summed E-state index contributed by atoms with van der Waals surface area (Å²) in [7, 11) is 0. The van der Waals surface area contributed by atoms with E-state index in [1.165, 1.54) is 0 Å². The van der Waals surface area contributed by atoms with Gasteiger partial charge < -0.3 is 5.11 Å². The first kappa shape index (κ1) is 12.7. The van der Waals surface area contributed by atoms with Crippen LogP contribution < -0.4 is 0 Å². The Morgan fingerprint density at radius 2 is 1.83 bits per heavy atom. The summed E-state index contributed by atoms with van der Waals surface area (Å²) in [5.41, 5.74) is 3.81.